The normalized spacial score (nSPS) is 17.0. The van der Waals surface area contributed by atoms with Gasteiger partial charge in [-0.25, -0.2) is 0 Å². The van der Waals surface area contributed by atoms with Gasteiger partial charge in [0.1, 0.15) is 0 Å². The summed E-state index contributed by atoms with van der Waals surface area (Å²) in [5, 5.41) is 8.26. The van der Waals surface area contributed by atoms with Crippen molar-refractivity contribution in [3.63, 3.8) is 0 Å². The van der Waals surface area contributed by atoms with Crippen molar-refractivity contribution >= 4 is 0 Å². The van der Waals surface area contributed by atoms with Crippen LogP contribution in [0, 0.1) is 0 Å². The molecule has 1 unspecified atom stereocenters. The highest BCUT2D eigenvalue weighted by Crippen LogP contribution is 2.22. The van der Waals surface area contributed by atoms with Crippen molar-refractivity contribution in [2.24, 2.45) is 0 Å². The van der Waals surface area contributed by atoms with E-state index in [-0.39, 0.29) is 0 Å². The Kier molecular flexibility index (Phi) is 6.50. The molecule has 0 amide bonds. The van der Waals surface area contributed by atoms with E-state index in [4.69, 9.17) is 5.10 Å². The number of nitrogens with zero attached hydrogens (tertiary/aromatic N) is 2. The first-order chi connectivity index (χ1) is 10.3. The Morgan fingerprint density at radius 2 is 2.05 bits per heavy atom. The molecular formula is C18H31N3. The van der Waals surface area contributed by atoms with E-state index in [9.17, 15) is 0 Å². The third-order valence-corrected chi connectivity index (χ3v) is 4.74. The number of hydrogen-bond acceptors (Lipinski definition) is 2. The summed E-state index contributed by atoms with van der Waals surface area (Å²) in [5.41, 5.74) is 2.86. The van der Waals surface area contributed by atoms with E-state index < -0.39 is 0 Å². The molecule has 1 heterocycles. The topological polar surface area (TPSA) is 29.9 Å². The van der Waals surface area contributed by atoms with Crippen molar-refractivity contribution in [3.8, 4) is 0 Å². The Morgan fingerprint density at radius 1 is 1.24 bits per heavy atom. The average Bonchev–Trinajstić information content (AvgIpc) is 2.97. The second-order valence-electron chi connectivity index (χ2n) is 6.26. The zero-order valence-corrected chi connectivity index (χ0v) is 13.9. The molecular weight excluding hydrogens is 258 g/mol. The predicted octanol–water partition coefficient (Wildman–Crippen LogP) is 4.27. The Balaban J connectivity index is 1.93. The van der Waals surface area contributed by atoms with E-state index in [1.54, 1.807) is 5.57 Å². The largest absolute Gasteiger partial charge is 0.316 e. The first kappa shape index (κ1) is 16.3. The van der Waals surface area contributed by atoms with Gasteiger partial charge in [0, 0.05) is 18.7 Å². The minimum atomic E-state index is 0.513. The molecule has 1 aromatic heterocycles. The maximum Gasteiger partial charge on any atom is 0.0640 e. The Bertz CT molecular complexity index is 443. The van der Waals surface area contributed by atoms with Gasteiger partial charge in [-0.2, -0.15) is 5.10 Å². The summed E-state index contributed by atoms with van der Waals surface area (Å²) in [4.78, 5) is 0. The van der Waals surface area contributed by atoms with Crippen molar-refractivity contribution < 1.29 is 0 Å². The van der Waals surface area contributed by atoms with Gasteiger partial charge in [0.25, 0.3) is 0 Å². The van der Waals surface area contributed by atoms with Crippen molar-refractivity contribution in [1.82, 2.24) is 15.1 Å². The molecule has 1 atom stereocenters. The summed E-state index contributed by atoms with van der Waals surface area (Å²) < 4.78 is 2.15. The van der Waals surface area contributed by atoms with Crippen LogP contribution in [0.3, 0.4) is 0 Å². The third-order valence-electron chi connectivity index (χ3n) is 4.74. The molecule has 1 aliphatic rings. The van der Waals surface area contributed by atoms with Crippen molar-refractivity contribution in [1.29, 1.82) is 0 Å². The minimum absolute atomic E-state index is 0.513. The van der Waals surface area contributed by atoms with Gasteiger partial charge in [-0.1, -0.05) is 25.5 Å². The molecule has 118 valence electrons. The summed E-state index contributed by atoms with van der Waals surface area (Å²) in [6.07, 6.45) is 14.4. The first-order valence-corrected chi connectivity index (χ1v) is 8.66. The molecule has 2 rings (SSSR count). The molecule has 0 radical (unpaired) electrons. The smallest absolute Gasteiger partial charge is 0.0640 e. The van der Waals surface area contributed by atoms with Crippen LogP contribution in [-0.4, -0.2) is 22.9 Å². The number of nitrogens with one attached hydrogen (secondary N) is 1. The summed E-state index contributed by atoms with van der Waals surface area (Å²) in [5.74, 6) is 0. The van der Waals surface area contributed by atoms with E-state index in [0.29, 0.717) is 12.1 Å². The second kappa shape index (κ2) is 8.38. The van der Waals surface area contributed by atoms with E-state index >= 15 is 0 Å². The fourth-order valence-corrected chi connectivity index (χ4v) is 3.29. The highest BCUT2D eigenvalue weighted by molar-refractivity contribution is 5.10. The minimum Gasteiger partial charge on any atom is -0.316 e. The van der Waals surface area contributed by atoms with E-state index in [1.807, 2.05) is 0 Å². The van der Waals surface area contributed by atoms with Gasteiger partial charge in [-0.05, 0) is 58.1 Å². The van der Waals surface area contributed by atoms with Crippen LogP contribution in [0.25, 0.3) is 0 Å². The van der Waals surface area contributed by atoms with Crippen LogP contribution in [0.1, 0.15) is 70.5 Å². The van der Waals surface area contributed by atoms with Gasteiger partial charge in [0.2, 0.25) is 0 Å². The van der Waals surface area contributed by atoms with Gasteiger partial charge in [-0.15, -0.1) is 0 Å². The van der Waals surface area contributed by atoms with Crippen LogP contribution in [0.2, 0.25) is 0 Å². The molecule has 21 heavy (non-hydrogen) atoms. The van der Waals surface area contributed by atoms with E-state index in [0.717, 1.165) is 19.3 Å². The third kappa shape index (κ3) is 4.70. The molecule has 0 aromatic carbocycles. The molecule has 0 spiro atoms. The van der Waals surface area contributed by atoms with Gasteiger partial charge >= 0.3 is 0 Å². The van der Waals surface area contributed by atoms with Crippen LogP contribution < -0.4 is 5.32 Å². The second-order valence-corrected chi connectivity index (χ2v) is 6.26. The van der Waals surface area contributed by atoms with Crippen LogP contribution >= 0.6 is 0 Å². The Labute approximate surface area is 129 Å². The van der Waals surface area contributed by atoms with Gasteiger partial charge in [-0.3, -0.25) is 4.68 Å². The van der Waals surface area contributed by atoms with Gasteiger partial charge in [0.15, 0.2) is 0 Å². The Hall–Kier alpha value is -1.09. The fourth-order valence-electron chi connectivity index (χ4n) is 3.29. The molecule has 1 N–H and O–H groups in total. The molecule has 0 bridgehead atoms. The summed E-state index contributed by atoms with van der Waals surface area (Å²) in [6.45, 7) is 4.48. The van der Waals surface area contributed by atoms with E-state index in [1.165, 1.54) is 37.8 Å². The molecule has 3 nitrogen and oxygen atoms in total. The molecule has 1 aromatic rings. The summed E-state index contributed by atoms with van der Waals surface area (Å²) >= 11 is 0. The van der Waals surface area contributed by atoms with Crippen LogP contribution in [-0.2, 0) is 6.42 Å². The number of hydrogen-bond donors (Lipinski definition) is 1. The molecule has 0 saturated heterocycles. The quantitative estimate of drug-likeness (QED) is 0.724. The fraction of sp³-hybridized carbons (Fsp3) is 0.722. The number of likely N-dealkylation sites (N-methyl/N-ethyl adjacent to an activating group) is 1. The maximum absolute atomic E-state index is 4.79. The maximum atomic E-state index is 4.79. The monoisotopic (exact) mass is 289 g/mol. The first-order valence-electron chi connectivity index (χ1n) is 8.66. The Morgan fingerprint density at radius 3 is 2.67 bits per heavy atom. The number of allylic oxidation sites excluding steroid dienone is 1. The lowest BCUT2D eigenvalue weighted by molar-refractivity contribution is 0.422. The van der Waals surface area contributed by atoms with Crippen molar-refractivity contribution in [2.45, 2.75) is 77.3 Å². The van der Waals surface area contributed by atoms with Gasteiger partial charge < -0.3 is 5.32 Å². The zero-order chi connectivity index (χ0) is 15.1. The molecule has 3 heteroatoms. The molecule has 0 fully saturated rings. The summed E-state index contributed by atoms with van der Waals surface area (Å²) in [6, 6.07) is 3.25. The van der Waals surface area contributed by atoms with Crippen molar-refractivity contribution in [3.05, 3.63) is 29.6 Å². The van der Waals surface area contributed by atoms with Crippen LogP contribution in [0.4, 0.5) is 0 Å². The predicted molar refractivity (Wildman–Crippen MR) is 89.6 cm³/mol. The number of rotatable bonds is 8. The molecule has 0 aliphatic heterocycles. The summed E-state index contributed by atoms with van der Waals surface area (Å²) in [7, 11) is 2.08. The average molecular weight is 289 g/mol. The van der Waals surface area contributed by atoms with Gasteiger partial charge in [0.05, 0.1) is 11.7 Å². The van der Waals surface area contributed by atoms with Crippen LogP contribution in [0.5, 0.6) is 0 Å². The molecule has 0 saturated carbocycles. The zero-order valence-electron chi connectivity index (χ0n) is 13.9. The SMILES string of the molecule is CCC(CC)n1ccc(CC(CC2=CCCCC2)NC)n1. The van der Waals surface area contributed by atoms with E-state index in [2.05, 4.69) is 49.2 Å². The lowest BCUT2D eigenvalue weighted by atomic mass is 9.93. The highest BCUT2D eigenvalue weighted by Gasteiger charge is 2.14. The highest BCUT2D eigenvalue weighted by atomic mass is 15.3. The lowest BCUT2D eigenvalue weighted by Gasteiger charge is -2.20. The number of aromatic nitrogens is 2. The van der Waals surface area contributed by atoms with Crippen molar-refractivity contribution in [2.75, 3.05) is 7.05 Å². The lowest BCUT2D eigenvalue weighted by Crippen LogP contribution is -2.28. The molecule has 1 aliphatic carbocycles. The van der Waals surface area contributed by atoms with Crippen LogP contribution in [0.15, 0.2) is 23.9 Å². The standard InChI is InChI=1S/C18H31N3/c1-4-18(5-2)21-12-11-16(20-21)14-17(19-3)13-15-9-7-6-8-10-15/h9,11-12,17-19H,4-8,10,13-14H2,1-3H3.